The molecule has 4 heterocycles. The van der Waals surface area contributed by atoms with Crippen LogP contribution in [0.5, 0.6) is 17.2 Å². The van der Waals surface area contributed by atoms with Crippen molar-refractivity contribution in [3.8, 4) is 17.2 Å². The number of Topliss-reactive ketones (excluding diaryl/α,β-unsaturated/α-hetero) is 1. The number of ketones is 1. The number of pyridine rings is 2. The summed E-state index contributed by atoms with van der Waals surface area (Å²) in [6.45, 7) is 3.46. The van der Waals surface area contributed by atoms with Crippen LogP contribution in [0.25, 0.3) is 10.9 Å². The Hall–Kier alpha value is -4.70. The van der Waals surface area contributed by atoms with Crippen molar-refractivity contribution in [2.24, 2.45) is 0 Å². The fraction of sp³-hybridized carbons (Fsp3) is 0.312. The molecule has 2 unspecified atom stereocenters. The molecule has 0 saturated heterocycles. The molecule has 0 amide bonds. The number of nitrogens with zero attached hydrogens (tertiary/aromatic N) is 2. The summed E-state index contributed by atoms with van der Waals surface area (Å²) in [5.74, 6) is -3.46. The van der Waals surface area contributed by atoms with Crippen LogP contribution >= 0.6 is 0 Å². The van der Waals surface area contributed by atoms with Crippen LogP contribution < -0.4 is 5.56 Å². The predicted octanol–water partition coefficient (Wildman–Crippen LogP) is 4.29. The zero-order valence-corrected chi connectivity index (χ0v) is 23.4. The van der Waals surface area contributed by atoms with Gasteiger partial charge < -0.3 is 29.4 Å². The number of benzene rings is 2. The maximum absolute atomic E-state index is 14.0. The molecule has 0 saturated carbocycles. The van der Waals surface area contributed by atoms with E-state index in [2.05, 4.69) is 4.98 Å². The molecule has 0 aliphatic carbocycles. The number of aryl methyl sites for hydroxylation is 3. The van der Waals surface area contributed by atoms with E-state index in [1.807, 2.05) is 18.2 Å². The third-order valence-corrected chi connectivity index (χ3v) is 8.40. The number of para-hydroxylation sites is 1. The molecule has 3 N–H and O–H groups in total. The van der Waals surface area contributed by atoms with Crippen molar-refractivity contribution < 1.29 is 34.4 Å². The summed E-state index contributed by atoms with van der Waals surface area (Å²) in [5.41, 5.74) is 2.82. The number of rotatable bonds is 6. The number of carbonyl (C=O) groups is 2. The zero-order chi connectivity index (χ0) is 29.9. The van der Waals surface area contributed by atoms with Gasteiger partial charge >= 0.3 is 5.97 Å². The van der Waals surface area contributed by atoms with Gasteiger partial charge in [-0.1, -0.05) is 18.2 Å². The summed E-state index contributed by atoms with van der Waals surface area (Å²) < 4.78 is 12.6. The van der Waals surface area contributed by atoms with Gasteiger partial charge in [-0.3, -0.25) is 19.4 Å². The average molecular weight is 571 g/mol. The molecule has 42 heavy (non-hydrogen) atoms. The summed E-state index contributed by atoms with van der Waals surface area (Å²) in [5, 5.41) is 34.9. The Morgan fingerprint density at radius 2 is 1.93 bits per heavy atom. The van der Waals surface area contributed by atoms with Gasteiger partial charge in [-0.05, 0) is 49.8 Å². The number of aromatic nitrogens is 2. The third kappa shape index (κ3) is 4.21. The van der Waals surface area contributed by atoms with E-state index in [1.54, 1.807) is 23.8 Å². The standard InChI is InChI=1S/C32H30N2O8/c1-15-28(37)25-19(13-33-15)14-42-31(25)23-11-20(16(2)35)29(38)26(30(23)39)21(12-24(36)41-3)22-10-18-7-4-6-17-8-5-9-34(27(17)18)32(22)40/h4,6-7,10-11,13,21,31,37-39H,5,8-9,12,14H2,1-3H3. The first-order valence-corrected chi connectivity index (χ1v) is 13.7. The fourth-order valence-corrected chi connectivity index (χ4v) is 6.32. The number of fused-ring (bicyclic) bond motifs is 1. The predicted molar refractivity (Wildman–Crippen MR) is 152 cm³/mol. The number of phenols is 2. The largest absolute Gasteiger partial charge is 0.507 e. The lowest BCUT2D eigenvalue weighted by Crippen LogP contribution is -2.30. The number of methoxy groups -OCH3 is 1. The monoisotopic (exact) mass is 570 g/mol. The molecule has 0 radical (unpaired) electrons. The molecule has 2 aromatic carbocycles. The molecule has 10 heteroatoms. The van der Waals surface area contributed by atoms with Crippen molar-refractivity contribution in [3.63, 3.8) is 0 Å². The molecule has 2 aliphatic rings. The van der Waals surface area contributed by atoms with Gasteiger partial charge in [-0.2, -0.15) is 0 Å². The van der Waals surface area contributed by atoms with Crippen LogP contribution in [0.2, 0.25) is 0 Å². The van der Waals surface area contributed by atoms with E-state index >= 15 is 0 Å². The molecular weight excluding hydrogens is 540 g/mol. The van der Waals surface area contributed by atoms with Crippen molar-refractivity contribution in [2.75, 3.05) is 7.11 Å². The second-order valence-corrected chi connectivity index (χ2v) is 10.9. The number of hydrogen-bond acceptors (Lipinski definition) is 9. The van der Waals surface area contributed by atoms with Gasteiger partial charge in [0.2, 0.25) is 0 Å². The Morgan fingerprint density at radius 1 is 1.14 bits per heavy atom. The third-order valence-electron chi connectivity index (χ3n) is 8.40. The minimum atomic E-state index is -1.17. The Morgan fingerprint density at radius 3 is 2.67 bits per heavy atom. The van der Waals surface area contributed by atoms with E-state index in [0.29, 0.717) is 23.4 Å². The lowest BCUT2D eigenvalue weighted by molar-refractivity contribution is -0.140. The van der Waals surface area contributed by atoms with Crippen LogP contribution in [0.4, 0.5) is 0 Å². The van der Waals surface area contributed by atoms with Gasteiger partial charge in [0.1, 0.15) is 23.4 Å². The summed E-state index contributed by atoms with van der Waals surface area (Å²) in [7, 11) is 1.21. The summed E-state index contributed by atoms with van der Waals surface area (Å²) in [4.78, 5) is 43.8. The molecule has 0 spiro atoms. The van der Waals surface area contributed by atoms with Crippen molar-refractivity contribution in [1.82, 2.24) is 9.55 Å². The van der Waals surface area contributed by atoms with E-state index in [-0.39, 0.29) is 40.2 Å². The van der Waals surface area contributed by atoms with Gasteiger partial charge in [-0.25, -0.2) is 0 Å². The first-order valence-electron chi connectivity index (χ1n) is 13.7. The second-order valence-electron chi connectivity index (χ2n) is 10.9. The average Bonchev–Trinajstić information content (AvgIpc) is 3.40. The number of aromatic hydroxyl groups is 3. The normalized spacial score (nSPS) is 16.3. The molecule has 2 aromatic heterocycles. The highest BCUT2D eigenvalue weighted by Crippen LogP contribution is 2.50. The van der Waals surface area contributed by atoms with Crippen LogP contribution in [-0.2, 0) is 33.8 Å². The van der Waals surface area contributed by atoms with E-state index in [1.165, 1.54) is 20.1 Å². The highest BCUT2D eigenvalue weighted by Gasteiger charge is 2.37. The Kier molecular flexibility index (Phi) is 6.73. The van der Waals surface area contributed by atoms with Gasteiger partial charge in [0.25, 0.3) is 5.56 Å². The summed E-state index contributed by atoms with van der Waals surface area (Å²) >= 11 is 0. The fourth-order valence-electron chi connectivity index (χ4n) is 6.32. The van der Waals surface area contributed by atoms with Crippen LogP contribution in [-0.4, -0.2) is 43.7 Å². The van der Waals surface area contributed by atoms with E-state index < -0.39 is 41.7 Å². The smallest absolute Gasteiger partial charge is 0.306 e. The van der Waals surface area contributed by atoms with Crippen LogP contribution in [0, 0.1) is 6.92 Å². The Bertz CT molecular complexity index is 1860. The minimum absolute atomic E-state index is 0.0925. The number of phenolic OH excluding ortho intramolecular Hbond substituents is 2. The van der Waals surface area contributed by atoms with E-state index in [9.17, 15) is 29.7 Å². The van der Waals surface area contributed by atoms with Crippen LogP contribution in [0.3, 0.4) is 0 Å². The van der Waals surface area contributed by atoms with E-state index in [0.717, 1.165) is 29.3 Å². The highest BCUT2D eigenvalue weighted by molar-refractivity contribution is 5.98. The molecule has 0 bridgehead atoms. The van der Waals surface area contributed by atoms with Crippen molar-refractivity contribution >= 4 is 22.7 Å². The van der Waals surface area contributed by atoms with E-state index in [4.69, 9.17) is 9.47 Å². The van der Waals surface area contributed by atoms with Crippen molar-refractivity contribution in [2.45, 2.75) is 58.3 Å². The molecule has 2 aliphatic heterocycles. The highest BCUT2D eigenvalue weighted by atomic mass is 16.5. The molecule has 6 rings (SSSR count). The van der Waals surface area contributed by atoms with Crippen LogP contribution in [0.15, 0.2) is 41.3 Å². The quantitative estimate of drug-likeness (QED) is 0.228. The Balaban J connectivity index is 1.64. The summed E-state index contributed by atoms with van der Waals surface area (Å²) in [6, 6.07) is 8.76. The number of esters is 1. The maximum atomic E-state index is 14.0. The molecular formula is C32H30N2O8. The van der Waals surface area contributed by atoms with Gasteiger partial charge in [0.05, 0.1) is 36.9 Å². The molecule has 2 atom stereocenters. The lowest BCUT2D eigenvalue weighted by atomic mass is 9.82. The van der Waals surface area contributed by atoms with Crippen molar-refractivity contribution in [1.29, 1.82) is 0 Å². The van der Waals surface area contributed by atoms with Gasteiger partial charge in [-0.15, -0.1) is 0 Å². The van der Waals surface area contributed by atoms with Gasteiger partial charge in [0.15, 0.2) is 5.78 Å². The molecule has 0 fully saturated rings. The molecule has 216 valence electrons. The minimum Gasteiger partial charge on any atom is -0.507 e. The number of hydrogen-bond donors (Lipinski definition) is 3. The molecule has 4 aromatic rings. The second kappa shape index (κ2) is 10.3. The number of ether oxygens (including phenoxy) is 2. The Labute approximate surface area is 240 Å². The number of carbonyl (C=O) groups excluding carboxylic acids is 2. The SMILES string of the molecule is COC(=O)CC(c1c(O)c(C(C)=O)cc(C2OCc3cnc(C)c(O)c32)c1O)c1cc2cccc3c2n(c1=O)CCC3. The van der Waals surface area contributed by atoms with Gasteiger partial charge in [0, 0.05) is 46.5 Å². The lowest BCUT2D eigenvalue weighted by Gasteiger charge is -2.26. The summed E-state index contributed by atoms with van der Waals surface area (Å²) in [6.07, 6.45) is 1.77. The van der Waals surface area contributed by atoms with Crippen molar-refractivity contribution in [3.05, 3.63) is 91.5 Å². The molecule has 10 nitrogen and oxygen atoms in total. The topological polar surface area (TPSA) is 148 Å². The first-order chi connectivity index (χ1) is 20.1. The maximum Gasteiger partial charge on any atom is 0.306 e. The first kappa shape index (κ1) is 27.5. The van der Waals surface area contributed by atoms with Crippen LogP contribution in [0.1, 0.15) is 81.2 Å². The zero-order valence-electron chi connectivity index (χ0n) is 23.4.